The quantitative estimate of drug-likeness (QED) is 0.644. The Labute approximate surface area is 83.1 Å². The van der Waals surface area contributed by atoms with Gasteiger partial charge in [-0.15, -0.1) is 0 Å². The van der Waals surface area contributed by atoms with Gasteiger partial charge in [0.15, 0.2) is 0 Å². The van der Waals surface area contributed by atoms with Gasteiger partial charge in [-0.25, -0.2) is 0 Å². The average Bonchev–Trinajstić information content (AvgIpc) is 2.80. The van der Waals surface area contributed by atoms with Gasteiger partial charge < -0.3 is 5.73 Å². The van der Waals surface area contributed by atoms with Gasteiger partial charge in [0.05, 0.1) is 0 Å². The maximum absolute atomic E-state index is 5.54. The SMILES string of the molecule is CCCC[C@@H]1CC1C[C@H](C)CCN. The fraction of sp³-hybridized carbons (Fsp3) is 1.00. The second kappa shape index (κ2) is 5.64. The maximum Gasteiger partial charge on any atom is -0.00747 e. The van der Waals surface area contributed by atoms with Crippen molar-refractivity contribution in [3.8, 4) is 0 Å². The molecule has 3 atom stereocenters. The zero-order valence-corrected chi connectivity index (χ0v) is 9.26. The molecule has 0 aromatic carbocycles. The zero-order chi connectivity index (χ0) is 9.68. The molecule has 1 unspecified atom stereocenters. The van der Waals surface area contributed by atoms with Crippen LogP contribution in [0.1, 0.15) is 52.4 Å². The Balaban J connectivity index is 1.99. The summed E-state index contributed by atoms with van der Waals surface area (Å²) in [6.07, 6.45) is 8.45. The third-order valence-corrected chi connectivity index (χ3v) is 3.36. The molecule has 78 valence electrons. The summed E-state index contributed by atoms with van der Waals surface area (Å²) >= 11 is 0. The monoisotopic (exact) mass is 183 g/mol. The first-order chi connectivity index (χ1) is 6.27. The molecule has 1 fully saturated rings. The predicted molar refractivity (Wildman–Crippen MR) is 58.6 cm³/mol. The lowest BCUT2D eigenvalue weighted by Gasteiger charge is -2.08. The highest BCUT2D eigenvalue weighted by atomic mass is 14.5. The molecule has 0 saturated heterocycles. The third kappa shape index (κ3) is 4.12. The van der Waals surface area contributed by atoms with Gasteiger partial charge in [-0.05, 0) is 43.6 Å². The molecule has 0 spiro atoms. The van der Waals surface area contributed by atoms with Crippen LogP contribution >= 0.6 is 0 Å². The summed E-state index contributed by atoms with van der Waals surface area (Å²) in [5.74, 6) is 3.01. The van der Waals surface area contributed by atoms with E-state index >= 15 is 0 Å². The molecule has 0 bridgehead atoms. The summed E-state index contributed by atoms with van der Waals surface area (Å²) in [6.45, 7) is 5.50. The van der Waals surface area contributed by atoms with Crippen molar-refractivity contribution in [2.45, 2.75) is 52.4 Å². The minimum Gasteiger partial charge on any atom is -0.330 e. The number of unbranched alkanes of at least 4 members (excludes halogenated alkanes) is 1. The number of hydrogen-bond donors (Lipinski definition) is 1. The lowest BCUT2D eigenvalue weighted by molar-refractivity contribution is 0.444. The van der Waals surface area contributed by atoms with E-state index < -0.39 is 0 Å². The van der Waals surface area contributed by atoms with E-state index in [1.165, 1.54) is 38.5 Å². The minimum absolute atomic E-state index is 0.863. The average molecular weight is 183 g/mol. The van der Waals surface area contributed by atoms with Crippen LogP contribution in [-0.4, -0.2) is 6.54 Å². The van der Waals surface area contributed by atoms with Crippen LogP contribution in [0.5, 0.6) is 0 Å². The van der Waals surface area contributed by atoms with Crippen LogP contribution in [0.2, 0.25) is 0 Å². The largest absolute Gasteiger partial charge is 0.330 e. The Morgan fingerprint density at radius 3 is 2.77 bits per heavy atom. The molecule has 0 heterocycles. The molecule has 0 aromatic heterocycles. The van der Waals surface area contributed by atoms with Crippen molar-refractivity contribution in [2.75, 3.05) is 6.54 Å². The molecule has 0 aromatic rings. The van der Waals surface area contributed by atoms with Crippen LogP contribution in [0.15, 0.2) is 0 Å². The van der Waals surface area contributed by atoms with Gasteiger partial charge in [0.25, 0.3) is 0 Å². The van der Waals surface area contributed by atoms with E-state index in [2.05, 4.69) is 13.8 Å². The molecule has 1 rings (SSSR count). The van der Waals surface area contributed by atoms with Gasteiger partial charge in [-0.3, -0.25) is 0 Å². The summed E-state index contributed by atoms with van der Waals surface area (Å²) in [6, 6.07) is 0. The lowest BCUT2D eigenvalue weighted by atomic mass is 9.99. The van der Waals surface area contributed by atoms with Crippen molar-refractivity contribution in [3.05, 3.63) is 0 Å². The molecule has 1 heteroatoms. The van der Waals surface area contributed by atoms with Gasteiger partial charge in [0.1, 0.15) is 0 Å². The van der Waals surface area contributed by atoms with Gasteiger partial charge in [0.2, 0.25) is 0 Å². The standard InChI is InChI=1S/C12H25N/c1-3-4-5-11-9-12(11)8-10(2)6-7-13/h10-12H,3-9,13H2,1-2H3/t10-,11-,12?/m1/s1. The van der Waals surface area contributed by atoms with E-state index in [-0.39, 0.29) is 0 Å². The second-order valence-corrected chi connectivity index (χ2v) is 4.82. The summed E-state index contributed by atoms with van der Waals surface area (Å²) in [5, 5.41) is 0. The van der Waals surface area contributed by atoms with Crippen LogP contribution in [0.3, 0.4) is 0 Å². The molecule has 1 nitrogen and oxygen atoms in total. The first-order valence-corrected chi connectivity index (χ1v) is 5.98. The predicted octanol–water partition coefficient (Wildman–Crippen LogP) is 3.19. The minimum atomic E-state index is 0.863. The first-order valence-electron chi connectivity index (χ1n) is 5.98. The summed E-state index contributed by atoms with van der Waals surface area (Å²) < 4.78 is 0. The Hall–Kier alpha value is -0.0400. The van der Waals surface area contributed by atoms with Crippen molar-refractivity contribution >= 4 is 0 Å². The lowest BCUT2D eigenvalue weighted by Crippen LogP contribution is -2.06. The molecular weight excluding hydrogens is 158 g/mol. The highest BCUT2D eigenvalue weighted by molar-refractivity contribution is 4.86. The molecule has 1 saturated carbocycles. The molecular formula is C12H25N. The highest BCUT2D eigenvalue weighted by Crippen LogP contribution is 2.46. The fourth-order valence-corrected chi connectivity index (χ4v) is 2.34. The zero-order valence-electron chi connectivity index (χ0n) is 9.26. The molecule has 2 N–H and O–H groups in total. The molecule has 0 aliphatic heterocycles. The molecule has 13 heavy (non-hydrogen) atoms. The van der Waals surface area contributed by atoms with Gasteiger partial charge >= 0.3 is 0 Å². The summed E-state index contributed by atoms with van der Waals surface area (Å²) in [5.41, 5.74) is 5.54. The molecule has 1 aliphatic rings. The van der Waals surface area contributed by atoms with E-state index in [0.29, 0.717) is 0 Å². The summed E-state index contributed by atoms with van der Waals surface area (Å²) in [4.78, 5) is 0. The normalized spacial score (nSPS) is 28.8. The maximum atomic E-state index is 5.54. The Kier molecular flexibility index (Phi) is 4.79. The molecule has 1 aliphatic carbocycles. The van der Waals surface area contributed by atoms with E-state index in [1.807, 2.05) is 0 Å². The topological polar surface area (TPSA) is 26.0 Å². The Morgan fingerprint density at radius 2 is 2.15 bits per heavy atom. The van der Waals surface area contributed by atoms with E-state index in [4.69, 9.17) is 5.73 Å². The van der Waals surface area contributed by atoms with Crippen LogP contribution in [0, 0.1) is 17.8 Å². The van der Waals surface area contributed by atoms with Crippen molar-refractivity contribution in [3.63, 3.8) is 0 Å². The second-order valence-electron chi connectivity index (χ2n) is 4.82. The van der Waals surface area contributed by atoms with Gasteiger partial charge in [-0.2, -0.15) is 0 Å². The molecule has 0 amide bonds. The first kappa shape index (κ1) is 11.0. The van der Waals surface area contributed by atoms with Crippen molar-refractivity contribution in [1.82, 2.24) is 0 Å². The Morgan fingerprint density at radius 1 is 1.38 bits per heavy atom. The van der Waals surface area contributed by atoms with Gasteiger partial charge in [0, 0.05) is 0 Å². The Bertz CT molecular complexity index is 133. The van der Waals surface area contributed by atoms with E-state index in [0.717, 1.165) is 24.3 Å². The summed E-state index contributed by atoms with van der Waals surface area (Å²) in [7, 11) is 0. The van der Waals surface area contributed by atoms with Crippen molar-refractivity contribution in [1.29, 1.82) is 0 Å². The van der Waals surface area contributed by atoms with Gasteiger partial charge in [-0.1, -0.05) is 33.1 Å². The van der Waals surface area contributed by atoms with Crippen LogP contribution in [0.25, 0.3) is 0 Å². The molecule has 0 radical (unpaired) electrons. The third-order valence-electron chi connectivity index (χ3n) is 3.36. The number of rotatable bonds is 7. The van der Waals surface area contributed by atoms with Crippen molar-refractivity contribution < 1.29 is 0 Å². The number of hydrogen-bond acceptors (Lipinski definition) is 1. The van der Waals surface area contributed by atoms with Crippen LogP contribution < -0.4 is 5.73 Å². The van der Waals surface area contributed by atoms with E-state index in [9.17, 15) is 0 Å². The highest BCUT2D eigenvalue weighted by Gasteiger charge is 2.36. The van der Waals surface area contributed by atoms with Crippen LogP contribution in [0.4, 0.5) is 0 Å². The number of nitrogens with two attached hydrogens (primary N) is 1. The smallest absolute Gasteiger partial charge is 0.00747 e. The van der Waals surface area contributed by atoms with Crippen molar-refractivity contribution in [2.24, 2.45) is 23.5 Å². The fourth-order valence-electron chi connectivity index (χ4n) is 2.34. The van der Waals surface area contributed by atoms with Crippen LogP contribution in [-0.2, 0) is 0 Å². The van der Waals surface area contributed by atoms with E-state index in [1.54, 1.807) is 0 Å².